The molecule has 1 aliphatic heterocycles. The first kappa shape index (κ1) is 14.8. The molecule has 0 bridgehead atoms. The summed E-state index contributed by atoms with van der Waals surface area (Å²) in [5, 5.41) is 9.70. The second kappa shape index (κ2) is 6.05. The molecule has 1 N–H and O–H groups in total. The third-order valence-corrected chi connectivity index (χ3v) is 4.61. The van der Waals surface area contributed by atoms with E-state index in [0.717, 1.165) is 11.3 Å². The highest BCUT2D eigenvalue weighted by Crippen LogP contribution is 2.32. The molecule has 0 spiro atoms. The fourth-order valence-corrected chi connectivity index (χ4v) is 3.35. The van der Waals surface area contributed by atoms with Gasteiger partial charge in [-0.2, -0.15) is 0 Å². The van der Waals surface area contributed by atoms with Gasteiger partial charge in [-0.05, 0) is 24.3 Å². The maximum absolute atomic E-state index is 12.8. The number of aliphatic hydroxyl groups excluding tert-OH is 1. The molecule has 0 radical (unpaired) electrons. The summed E-state index contributed by atoms with van der Waals surface area (Å²) in [6.45, 7) is 1.11. The van der Waals surface area contributed by atoms with Gasteiger partial charge in [-0.1, -0.05) is 12.1 Å². The maximum atomic E-state index is 12.8. The molecule has 24 heavy (non-hydrogen) atoms. The molecule has 1 amide bonds. The molecule has 6 heteroatoms. The van der Waals surface area contributed by atoms with Crippen molar-refractivity contribution in [3.8, 4) is 0 Å². The molecule has 1 aliphatic rings. The van der Waals surface area contributed by atoms with E-state index in [4.69, 9.17) is 0 Å². The number of carbonyl (C=O) groups excluding carboxylic acids is 1. The maximum Gasteiger partial charge on any atom is 0.274 e. The SMILES string of the molecule is O=C(c1cn2ccccc2n1)N1C[C@@H](CO)[C@H](c2ccccn2)C1. The van der Waals surface area contributed by atoms with Gasteiger partial charge in [-0.25, -0.2) is 4.98 Å². The number of likely N-dealkylation sites (tertiary alicyclic amines) is 1. The predicted octanol–water partition coefficient (Wildman–Crippen LogP) is 1.58. The second-order valence-electron chi connectivity index (χ2n) is 6.11. The van der Waals surface area contributed by atoms with Crippen LogP contribution in [0.1, 0.15) is 22.1 Å². The van der Waals surface area contributed by atoms with Crippen molar-refractivity contribution in [2.24, 2.45) is 5.92 Å². The topological polar surface area (TPSA) is 70.7 Å². The van der Waals surface area contributed by atoms with Gasteiger partial charge in [-0.3, -0.25) is 9.78 Å². The standard InChI is InChI=1S/C18H18N4O2/c23-12-13-9-22(10-14(13)15-5-1-3-7-19-15)18(24)16-11-21-8-4-2-6-17(21)20-16/h1-8,11,13-14,23H,9-10,12H2/t13-,14+/m0/s1. The quantitative estimate of drug-likeness (QED) is 0.795. The van der Waals surface area contributed by atoms with E-state index in [0.29, 0.717) is 18.8 Å². The Morgan fingerprint density at radius 2 is 2.08 bits per heavy atom. The summed E-state index contributed by atoms with van der Waals surface area (Å²) in [4.78, 5) is 23.4. The van der Waals surface area contributed by atoms with Gasteiger partial charge in [-0.15, -0.1) is 0 Å². The Bertz CT molecular complexity index is 829. The monoisotopic (exact) mass is 322 g/mol. The number of carbonyl (C=O) groups is 1. The Hall–Kier alpha value is -2.73. The number of aromatic nitrogens is 3. The number of aliphatic hydroxyl groups is 1. The lowest BCUT2D eigenvalue weighted by Gasteiger charge is -2.15. The average molecular weight is 322 g/mol. The minimum absolute atomic E-state index is 0.000816. The average Bonchev–Trinajstić information content (AvgIpc) is 3.26. The Morgan fingerprint density at radius 3 is 2.83 bits per heavy atom. The first-order valence-corrected chi connectivity index (χ1v) is 8.01. The van der Waals surface area contributed by atoms with Crippen LogP contribution in [-0.4, -0.2) is 50.0 Å². The van der Waals surface area contributed by atoms with Crippen LogP contribution in [0.4, 0.5) is 0 Å². The Kier molecular flexibility index (Phi) is 3.74. The van der Waals surface area contributed by atoms with E-state index in [1.165, 1.54) is 0 Å². The molecule has 3 aromatic rings. The molecule has 1 fully saturated rings. The van der Waals surface area contributed by atoms with Crippen LogP contribution in [0, 0.1) is 5.92 Å². The third kappa shape index (κ3) is 2.55. The minimum Gasteiger partial charge on any atom is -0.396 e. The summed E-state index contributed by atoms with van der Waals surface area (Å²) < 4.78 is 1.84. The third-order valence-electron chi connectivity index (χ3n) is 4.61. The van der Waals surface area contributed by atoms with Gasteiger partial charge >= 0.3 is 0 Å². The number of imidazole rings is 1. The van der Waals surface area contributed by atoms with Gasteiger partial charge in [0.25, 0.3) is 5.91 Å². The molecular weight excluding hydrogens is 304 g/mol. The van der Waals surface area contributed by atoms with Crippen molar-refractivity contribution in [1.82, 2.24) is 19.3 Å². The molecular formula is C18H18N4O2. The zero-order chi connectivity index (χ0) is 16.5. The predicted molar refractivity (Wildman–Crippen MR) is 88.6 cm³/mol. The van der Waals surface area contributed by atoms with Crippen LogP contribution in [0.25, 0.3) is 5.65 Å². The van der Waals surface area contributed by atoms with Crippen LogP contribution in [0.15, 0.2) is 55.0 Å². The molecule has 3 aromatic heterocycles. The molecule has 0 unspecified atom stereocenters. The number of amides is 1. The molecule has 122 valence electrons. The molecule has 0 aliphatic carbocycles. The van der Waals surface area contributed by atoms with Gasteiger partial charge in [0.05, 0.1) is 0 Å². The van der Waals surface area contributed by atoms with Crippen molar-refractivity contribution in [2.45, 2.75) is 5.92 Å². The summed E-state index contributed by atoms with van der Waals surface area (Å²) in [6.07, 6.45) is 5.37. The van der Waals surface area contributed by atoms with Crippen LogP contribution < -0.4 is 0 Å². The Morgan fingerprint density at radius 1 is 1.21 bits per heavy atom. The molecule has 4 heterocycles. The van der Waals surface area contributed by atoms with E-state index in [1.54, 1.807) is 17.3 Å². The van der Waals surface area contributed by atoms with Crippen molar-refractivity contribution in [3.63, 3.8) is 0 Å². The van der Waals surface area contributed by atoms with Crippen LogP contribution in [0.2, 0.25) is 0 Å². The molecule has 1 saturated heterocycles. The molecule has 0 saturated carbocycles. The summed E-state index contributed by atoms with van der Waals surface area (Å²) in [7, 11) is 0. The minimum atomic E-state index is -0.101. The number of fused-ring (bicyclic) bond motifs is 1. The number of hydrogen-bond donors (Lipinski definition) is 1. The van der Waals surface area contributed by atoms with E-state index < -0.39 is 0 Å². The lowest BCUT2D eigenvalue weighted by molar-refractivity contribution is 0.0776. The van der Waals surface area contributed by atoms with E-state index in [9.17, 15) is 9.90 Å². The van der Waals surface area contributed by atoms with Gasteiger partial charge in [0.1, 0.15) is 11.3 Å². The normalized spacial score (nSPS) is 20.6. The number of rotatable bonds is 3. The zero-order valence-corrected chi connectivity index (χ0v) is 13.1. The summed E-state index contributed by atoms with van der Waals surface area (Å²) >= 11 is 0. The van der Waals surface area contributed by atoms with Crippen molar-refractivity contribution < 1.29 is 9.90 Å². The highest BCUT2D eigenvalue weighted by molar-refractivity contribution is 5.93. The van der Waals surface area contributed by atoms with Crippen molar-refractivity contribution in [3.05, 3.63) is 66.4 Å². The van der Waals surface area contributed by atoms with E-state index in [1.807, 2.05) is 47.0 Å². The van der Waals surface area contributed by atoms with Gasteiger partial charge < -0.3 is 14.4 Å². The second-order valence-corrected chi connectivity index (χ2v) is 6.11. The van der Waals surface area contributed by atoms with Gasteiger partial charge in [0, 0.05) is 55.8 Å². The Balaban J connectivity index is 1.59. The molecule has 0 aromatic carbocycles. The van der Waals surface area contributed by atoms with Crippen molar-refractivity contribution >= 4 is 11.6 Å². The van der Waals surface area contributed by atoms with Crippen molar-refractivity contribution in [1.29, 1.82) is 0 Å². The van der Waals surface area contributed by atoms with E-state index in [2.05, 4.69) is 9.97 Å². The van der Waals surface area contributed by atoms with Crippen LogP contribution in [0.5, 0.6) is 0 Å². The lowest BCUT2D eigenvalue weighted by Crippen LogP contribution is -2.29. The Labute approximate surface area is 139 Å². The van der Waals surface area contributed by atoms with Crippen LogP contribution in [0.3, 0.4) is 0 Å². The van der Waals surface area contributed by atoms with Crippen LogP contribution >= 0.6 is 0 Å². The largest absolute Gasteiger partial charge is 0.396 e. The molecule has 2 atom stereocenters. The highest BCUT2D eigenvalue weighted by Gasteiger charge is 2.37. The first-order valence-electron chi connectivity index (χ1n) is 8.01. The highest BCUT2D eigenvalue weighted by atomic mass is 16.3. The molecule has 4 rings (SSSR count). The van der Waals surface area contributed by atoms with Gasteiger partial charge in [0.15, 0.2) is 0 Å². The molecule has 6 nitrogen and oxygen atoms in total. The van der Waals surface area contributed by atoms with Crippen LogP contribution in [-0.2, 0) is 0 Å². The number of pyridine rings is 2. The van der Waals surface area contributed by atoms with Gasteiger partial charge in [0.2, 0.25) is 0 Å². The smallest absolute Gasteiger partial charge is 0.274 e. The fraction of sp³-hybridized carbons (Fsp3) is 0.278. The van der Waals surface area contributed by atoms with E-state index >= 15 is 0 Å². The fourth-order valence-electron chi connectivity index (χ4n) is 3.35. The summed E-state index contributed by atoms with van der Waals surface area (Å²) in [5.74, 6) is -0.0476. The number of nitrogens with zero attached hydrogens (tertiary/aromatic N) is 4. The summed E-state index contributed by atoms with van der Waals surface area (Å²) in [5.41, 5.74) is 2.10. The summed E-state index contributed by atoms with van der Waals surface area (Å²) in [6, 6.07) is 11.4. The lowest BCUT2D eigenvalue weighted by atomic mass is 9.93. The van der Waals surface area contributed by atoms with Crippen molar-refractivity contribution in [2.75, 3.05) is 19.7 Å². The first-order chi connectivity index (χ1) is 11.8. The number of hydrogen-bond acceptors (Lipinski definition) is 4. The van der Waals surface area contributed by atoms with E-state index in [-0.39, 0.29) is 24.3 Å². The zero-order valence-electron chi connectivity index (χ0n) is 13.1.